The average molecular weight is 153 g/mol. The van der Waals surface area contributed by atoms with E-state index < -0.39 is 0 Å². The van der Waals surface area contributed by atoms with Gasteiger partial charge in [-0.3, -0.25) is 10.4 Å². The molecule has 0 saturated heterocycles. The minimum Gasteiger partial charge on any atom is -0.349 e. The number of hydrazone groups is 1. The van der Waals surface area contributed by atoms with E-state index in [2.05, 4.69) is 20.4 Å². The summed E-state index contributed by atoms with van der Waals surface area (Å²) in [6, 6.07) is 0. The first-order valence-corrected chi connectivity index (χ1v) is 3.75. The summed E-state index contributed by atoms with van der Waals surface area (Å²) in [4.78, 5) is 6.37. The Bertz CT molecular complexity index is 219. The summed E-state index contributed by atoms with van der Waals surface area (Å²) in [5, 5.41) is 4.00. The zero-order valence-electron chi connectivity index (χ0n) is 6.25. The van der Waals surface area contributed by atoms with Gasteiger partial charge in [0.15, 0.2) is 11.7 Å². The molecule has 0 bridgehead atoms. The van der Waals surface area contributed by atoms with E-state index in [1.807, 2.05) is 0 Å². The van der Waals surface area contributed by atoms with Gasteiger partial charge in [-0.15, -0.1) is 0 Å². The van der Waals surface area contributed by atoms with E-state index in [1.54, 1.807) is 0 Å². The van der Waals surface area contributed by atoms with Crippen molar-refractivity contribution < 1.29 is 0 Å². The van der Waals surface area contributed by atoms with Gasteiger partial charge in [-0.05, 0) is 0 Å². The predicted molar refractivity (Wildman–Crippen MR) is 43.5 cm³/mol. The smallest absolute Gasteiger partial charge is 0.193 e. The molecule has 3 N–H and O–H groups in total. The third-order valence-electron chi connectivity index (χ3n) is 1.82. The van der Waals surface area contributed by atoms with E-state index in [-0.39, 0.29) is 0 Å². The van der Waals surface area contributed by atoms with Crippen LogP contribution in [0.2, 0.25) is 0 Å². The van der Waals surface area contributed by atoms with Crippen molar-refractivity contribution in [2.45, 2.75) is 0 Å². The van der Waals surface area contributed by atoms with Gasteiger partial charge in [0.25, 0.3) is 0 Å². The molecule has 0 aromatic heterocycles. The Morgan fingerprint density at radius 1 is 1.64 bits per heavy atom. The molecule has 2 rings (SSSR count). The molecular weight excluding hydrogens is 142 g/mol. The molecular formula is C6H11N5. The molecule has 0 spiro atoms. The van der Waals surface area contributed by atoms with Gasteiger partial charge in [0, 0.05) is 19.6 Å². The van der Waals surface area contributed by atoms with Crippen molar-refractivity contribution in [2.24, 2.45) is 15.8 Å². The number of nitrogens with two attached hydrogens (primary N) is 1. The number of nitrogens with one attached hydrogen (secondary N) is 1. The van der Waals surface area contributed by atoms with Gasteiger partial charge in [-0.2, -0.15) is 5.10 Å². The van der Waals surface area contributed by atoms with E-state index in [9.17, 15) is 0 Å². The summed E-state index contributed by atoms with van der Waals surface area (Å²) in [5.74, 6) is 1.89. The first kappa shape index (κ1) is 6.60. The van der Waals surface area contributed by atoms with Crippen LogP contribution < -0.4 is 11.2 Å². The van der Waals surface area contributed by atoms with Gasteiger partial charge in [0.05, 0.1) is 6.54 Å². The minimum absolute atomic E-state index is 0.673. The fourth-order valence-electron chi connectivity index (χ4n) is 1.24. The Hall–Kier alpha value is -1.10. The second-order valence-electron chi connectivity index (χ2n) is 2.55. The normalized spacial score (nSPS) is 21.0. The first-order chi connectivity index (χ1) is 5.42. The van der Waals surface area contributed by atoms with Crippen molar-refractivity contribution in [1.82, 2.24) is 10.3 Å². The highest BCUT2D eigenvalue weighted by Crippen LogP contribution is 2.05. The molecule has 2 aliphatic heterocycles. The lowest BCUT2D eigenvalue weighted by molar-refractivity contribution is 0.424. The number of aliphatic imine (C=N–C) groups is 1. The lowest BCUT2D eigenvalue weighted by atomic mass is 10.3. The van der Waals surface area contributed by atoms with Crippen LogP contribution in [0.4, 0.5) is 0 Å². The Morgan fingerprint density at radius 3 is 3.18 bits per heavy atom. The summed E-state index contributed by atoms with van der Waals surface area (Å²) in [5.41, 5.74) is 8.23. The van der Waals surface area contributed by atoms with Gasteiger partial charge >= 0.3 is 0 Å². The zero-order valence-corrected chi connectivity index (χ0v) is 6.25. The molecule has 0 aliphatic carbocycles. The Balaban J connectivity index is 2.07. The van der Waals surface area contributed by atoms with Crippen LogP contribution in [0, 0.1) is 0 Å². The standard InChI is InChI=1S/C6H11N5/c7-1-3-11-4-2-8-5-6(11)10-9-5/h1-4,7H2,(H,8,9). The lowest BCUT2D eigenvalue weighted by Crippen LogP contribution is -2.54. The van der Waals surface area contributed by atoms with Crippen LogP contribution in [0.25, 0.3) is 0 Å². The van der Waals surface area contributed by atoms with Crippen LogP contribution in [-0.2, 0) is 0 Å². The van der Waals surface area contributed by atoms with E-state index in [0.29, 0.717) is 6.54 Å². The highest BCUT2D eigenvalue weighted by molar-refractivity contribution is 6.44. The molecule has 0 aromatic rings. The number of nitrogens with zero attached hydrogens (tertiary/aromatic N) is 3. The van der Waals surface area contributed by atoms with Gasteiger partial charge in [0.2, 0.25) is 0 Å². The molecule has 60 valence electrons. The van der Waals surface area contributed by atoms with Crippen molar-refractivity contribution in [3.8, 4) is 0 Å². The van der Waals surface area contributed by atoms with E-state index in [1.165, 1.54) is 0 Å². The van der Waals surface area contributed by atoms with Crippen molar-refractivity contribution in [2.75, 3.05) is 26.2 Å². The van der Waals surface area contributed by atoms with Gasteiger partial charge in [0.1, 0.15) is 0 Å². The lowest BCUT2D eigenvalue weighted by Gasteiger charge is -2.33. The number of fused-ring (bicyclic) bond motifs is 1. The molecule has 0 fully saturated rings. The maximum Gasteiger partial charge on any atom is 0.193 e. The monoisotopic (exact) mass is 153 g/mol. The number of hydrogen-bond acceptors (Lipinski definition) is 5. The van der Waals surface area contributed by atoms with Crippen LogP contribution in [0.1, 0.15) is 0 Å². The van der Waals surface area contributed by atoms with Crippen molar-refractivity contribution in [3.05, 3.63) is 0 Å². The van der Waals surface area contributed by atoms with Crippen LogP contribution in [-0.4, -0.2) is 42.8 Å². The maximum atomic E-state index is 5.43. The minimum atomic E-state index is 0.673. The number of amidine groups is 2. The Labute approximate surface area is 65.0 Å². The molecule has 2 aliphatic rings. The quantitative estimate of drug-likeness (QED) is 0.511. The highest BCUT2D eigenvalue weighted by atomic mass is 15.5. The second kappa shape index (κ2) is 2.50. The summed E-state index contributed by atoms with van der Waals surface area (Å²) >= 11 is 0. The molecule has 5 heteroatoms. The summed E-state index contributed by atoms with van der Waals surface area (Å²) in [6.07, 6.45) is 0. The Kier molecular flexibility index (Phi) is 1.50. The predicted octanol–water partition coefficient (Wildman–Crippen LogP) is -1.42. The Morgan fingerprint density at radius 2 is 2.55 bits per heavy atom. The van der Waals surface area contributed by atoms with Crippen LogP contribution >= 0.6 is 0 Å². The molecule has 0 saturated carbocycles. The van der Waals surface area contributed by atoms with Crippen molar-refractivity contribution in [1.29, 1.82) is 0 Å². The highest BCUT2D eigenvalue weighted by Gasteiger charge is 2.26. The van der Waals surface area contributed by atoms with E-state index >= 15 is 0 Å². The van der Waals surface area contributed by atoms with Crippen molar-refractivity contribution >= 4 is 11.7 Å². The molecule has 0 atom stereocenters. The van der Waals surface area contributed by atoms with Gasteiger partial charge < -0.3 is 10.6 Å². The fraction of sp³-hybridized carbons (Fsp3) is 0.667. The topological polar surface area (TPSA) is 66.0 Å². The molecule has 0 radical (unpaired) electrons. The molecule has 11 heavy (non-hydrogen) atoms. The zero-order chi connectivity index (χ0) is 7.68. The first-order valence-electron chi connectivity index (χ1n) is 3.75. The third kappa shape index (κ3) is 0.970. The van der Waals surface area contributed by atoms with Gasteiger partial charge in [-0.25, -0.2) is 0 Å². The van der Waals surface area contributed by atoms with Crippen LogP contribution in [0.15, 0.2) is 10.1 Å². The average Bonchev–Trinajstić information content (AvgIpc) is 1.94. The summed E-state index contributed by atoms with van der Waals surface area (Å²) < 4.78 is 0. The van der Waals surface area contributed by atoms with Crippen LogP contribution in [0.3, 0.4) is 0 Å². The number of rotatable bonds is 2. The SMILES string of the molecule is NCCN1CCN=C2NN=C21. The molecule has 0 amide bonds. The van der Waals surface area contributed by atoms with E-state index in [0.717, 1.165) is 31.3 Å². The third-order valence-corrected chi connectivity index (χ3v) is 1.82. The van der Waals surface area contributed by atoms with Crippen molar-refractivity contribution in [3.63, 3.8) is 0 Å². The summed E-state index contributed by atoms with van der Waals surface area (Å²) in [6.45, 7) is 3.34. The fourth-order valence-corrected chi connectivity index (χ4v) is 1.24. The molecule has 2 heterocycles. The molecule has 0 aromatic carbocycles. The number of hydrogen-bond donors (Lipinski definition) is 2. The van der Waals surface area contributed by atoms with Gasteiger partial charge in [-0.1, -0.05) is 0 Å². The molecule has 0 unspecified atom stereocenters. The van der Waals surface area contributed by atoms with E-state index in [4.69, 9.17) is 5.73 Å². The molecule has 5 nitrogen and oxygen atoms in total. The van der Waals surface area contributed by atoms with Crippen LogP contribution in [0.5, 0.6) is 0 Å². The second-order valence-corrected chi connectivity index (χ2v) is 2.55. The largest absolute Gasteiger partial charge is 0.349 e. The maximum absolute atomic E-state index is 5.43. The summed E-state index contributed by atoms with van der Waals surface area (Å²) in [7, 11) is 0.